The van der Waals surface area contributed by atoms with Crippen molar-refractivity contribution in [2.75, 3.05) is 11.4 Å². The van der Waals surface area contributed by atoms with E-state index in [1.165, 1.54) is 5.56 Å². The number of fused-ring (bicyclic) bond motifs is 1. The first kappa shape index (κ1) is 16.0. The number of hydrogen-bond acceptors (Lipinski definition) is 1. The average Bonchev–Trinajstić information content (AvgIpc) is 2.98. The number of para-hydroxylation sites is 1. The first-order valence-electron chi connectivity index (χ1n) is 8.06. The van der Waals surface area contributed by atoms with E-state index in [-0.39, 0.29) is 18.0 Å². The monoisotopic (exact) mass is 329 g/mol. The van der Waals surface area contributed by atoms with Crippen molar-refractivity contribution in [1.82, 2.24) is 0 Å². The van der Waals surface area contributed by atoms with Crippen LogP contribution in [0.5, 0.6) is 0 Å². The van der Waals surface area contributed by atoms with Crippen molar-refractivity contribution in [3.63, 3.8) is 0 Å². The highest BCUT2D eigenvalue weighted by molar-refractivity contribution is 6.31. The minimum absolute atomic E-state index is 0.139. The van der Waals surface area contributed by atoms with Gasteiger partial charge in [0.05, 0.1) is 0 Å². The number of nitrogens with two attached hydrogens (primary N) is 1. The summed E-state index contributed by atoms with van der Waals surface area (Å²) in [7, 11) is 0. The van der Waals surface area contributed by atoms with E-state index in [1.807, 2.05) is 54.3 Å². The molecular formula is C19H22ClN2O+. The minimum atomic E-state index is -0.146. The number of halogens is 1. The molecule has 3 nitrogen and oxygen atoms in total. The molecule has 1 heterocycles. The van der Waals surface area contributed by atoms with E-state index in [4.69, 9.17) is 11.6 Å². The highest BCUT2D eigenvalue weighted by Gasteiger charge is 2.30. The fourth-order valence-electron chi connectivity index (χ4n) is 3.28. The molecule has 2 aromatic carbocycles. The van der Waals surface area contributed by atoms with Crippen molar-refractivity contribution < 1.29 is 10.1 Å². The molecule has 0 bridgehead atoms. The molecule has 0 fully saturated rings. The van der Waals surface area contributed by atoms with Crippen LogP contribution in [-0.2, 0) is 11.2 Å². The van der Waals surface area contributed by atoms with Gasteiger partial charge in [0.2, 0.25) is 0 Å². The summed E-state index contributed by atoms with van der Waals surface area (Å²) >= 11 is 6.26. The lowest BCUT2D eigenvalue weighted by atomic mass is 10.1. The van der Waals surface area contributed by atoms with E-state index in [1.54, 1.807) is 0 Å². The van der Waals surface area contributed by atoms with Gasteiger partial charge in [-0.25, -0.2) is 0 Å². The Morgan fingerprint density at radius 3 is 2.61 bits per heavy atom. The molecule has 2 atom stereocenters. The number of rotatable bonds is 4. The van der Waals surface area contributed by atoms with Crippen LogP contribution >= 0.6 is 11.6 Å². The normalized spacial score (nSPS) is 16.0. The first-order valence-corrected chi connectivity index (χ1v) is 8.44. The number of anilines is 1. The van der Waals surface area contributed by atoms with E-state index in [0.717, 1.165) is 29.2 Å². The van der Waals surface area contributed by atoms with Gasteiger partial charge in [0.25, 0.3) is 5.91 Å². The van der Waals surface area contributed by atoms with Crippen LogP contribution in [0.2, 0.25) is 5.02 Å². The molecule has 4 heteroatoms. The number of quaternary nitrogens is 1. The molecule has 0 saturated heterocycles. The van der Waals surface area contributed by atoms with Crippen LogP contribution in [0.1, 0.15) is 31.0 Å². The van der Waals surface area contributed by atoms with E-state index < -0.39 is 0 Å². The van der Waals surface area contributed by atoms with E-state index >= 15 is 0 Å². The smallest absolute Gasteiger partial charge is 0.284 e. The third-order valence-corrected chi connectivity index (χ3v) is 4.86. The van der Waals surface area contributed by atoms with Gasteiger partial charge < -0.3 is 10.2 Å². The van der Waals surface area contributed by atoms with Gasteiger partial charge >= 0.3 is 0 Å². The number of carbonyl (C=O) groups is 1. The number of hydrogen-bond donors (Lipinski definition) is 1. The van der Waals surface area contributed by atoms with Crippen molar-refractivity contribution in [3.05, 3.63) is 64.7 Å². The molecule has 3 rings (SSSR count). The van der Waals surface area contributed by atoms with Gasteiger partial charge in [-0.15, -0.1) is 0 Å². The lowest BCUT2D eigenvalue weighted by Gasteiger charge is -2.23. The average molecular weight is 330 g/mol. The fraction of sp³-hybridized carbons (Fsp3) is 0.316. The summed E-state index contributed by atoms with van der Waals surface area (Å²) in [6.45, 7) is 4.83. The Kier molecular flexibility index (Phi) is 4.69. The fourth-order valence-corrected chi connectivity index (χ4v) is 3.58. The summed E-state index contributed by atoms with van der Waals surface area (Å²) in [6.07, 6.45) is 0.939. The standard InChI is InChI=1S/C19H21ClN2O/c1-13(16-8-4-5-9-17(16)20)21-14(2)19(23)22-12-11-15-7-3-6-10-18(15)22/h3-10,13-14,21H,11-12H2,1-2H3/p+1/t13-,14-/m0/s1. The predicted molar refractivity (Wildman–Crippen MR) is 93.8 cm³/mol. The number of amides is 1. The lowest BCUT2D eigenvalue weighted by molar-refractivity contribution is -0.710. The van der Waals surface area contributed by atoms with Crippen LogP contribution in [0.25, 0.3) is 0 Å². The number of benzene rings is 2. The number of nitrogens with zero attached hydrogens (tertiary/aromatic N) is 1. The van der Waals surface area contributed by atoms with Gasteiger partial charge in [-0.05, 0) is 38.0 Å². The van der Waals surface area contributed by atoms with E-state index in [9.17, 15) is 4.79 Å². The van der Waals surface area contributed by atoms with E-state index in [0.29, 0.717) is 0 Å². The zero-order valence-electron chi connectivity index (χ0n) is 13.5. The summed E-state index contributed by atoms with van der Waals surface area (Å²) in [5.74, 6) is 0.161. The van der Waals surface area contributed by atoms with Crippen LogP contribution in [0.15, 0.2) is 48.5 Å². The van der Waals surface area contributed by atoms with Gasteiger partial charge in [-0.3, -0.25) is 4.79 Å². The summed E-state index contributed by atoms with van der Waals surface area (Å²) in [5.41, 5.74) is 3.38. The Morgan fingerprint density at radius 1 is 1.13 bits per heavy atom. The molecule has 120 valence electrons. The maximum absolute atomic E-state index is 12.8. The molecule has 0 spiro atoms. The van der Waals surface area contributed by atoms with E-state index in [2.05, 4.69) is 18.3 Å². The molecule has 1 aliphatic heterocycles. The SMILES string of the molecule is C[C@H]([NH2+][C@@H](C)c1ccccc1Cl)C(=O)N1CCc2ccccc21. The second-order valence-corrected chi connectivity index (χ2v) is 6.57. The van der Waals surface area contributed by atoms with Gasteiger partial charge in [0.1, 0.15) is 6.04 Å². The van der Waals surface area contributed by atoms with Crippen molar-refractivity contribution in [3.8, 4) is 0 Å². The van der Waals surface area contributed by atoms with Gasteiger partial charge in [-0.1, -0.05) is 48.0 Å². The Labute approximate surface area is 142 Å². The summed E-state index contributed by atoms with van der Waals surface area (Å²) in [4.78, 5) is 14.7. The molecule has 1 aliphatic rings. The molecule has 23 heavy (non-hydrogen) atoms. The Balaban J connectivity index is 1.70. The maximum Gasteiger partial charge on any atom is 0.284 e. The number of carbonyl (C=O) groups excluding carboxylic acids is 1. The van der Waals surface area contributed by atoms with Crippen LogP contribution in [0, 0.1) is 0 Å². The van der Waals surface area contributed by atoms with Crippen LogP contribution in [0.3, 0.4) is 0 Å². The van der Waals surface area contributed by atoms with Crippen molar-refractivity contribution in [2.45, 2.75) is 32.4 Å². The summed E-state index contributed by atoms with van der Waals surface area (Å²) in [5, 5.41) is 2.84. The van der Waals surface area contributed by atoms with Crippen molar-refractivity contribution >= 4 is 23.2 Å². The zero-order chi connectivity index (χ0) is 16.4. The van der Waals surface area contributed by atoms with Crippen molar-refractivity contribution in [1.29, 1.82) is 0 Å². The molecule has 1 amide bonds. The summed E-state index contributed by atoms with van der Waals surface area (Å²) in [6, 6.07) is 16.0. The molecule has 2 aromatic rings. The highest BCUT2D eigenvalue weighted by atomic mass is 35.5. The molecule has 0 saturated carbocycles. The second-order valence-electron chi connectivity index (χ2n) is 6.16. The van der Waals surface area contributed by atoms with Crippen LogP contribution in [-0.4, -0.2) is 18.5 Å². The third kappa shape index (κ3) is 3.26. The first-order chi connectivity index (χ1) is 11.1. The lowest BCUT2D eigenvalue weighted by Crippen LogP contribution is -2.92. The van der Waals surface area contributed by atoms with Gasteiger partial charge in [0.15, 0.2) is 6.04 Å². The third-order valence-electron chi connectivity index (χ3n) is 4.52. The largest absolute Gasteiger partial charge is 0.330 e. The van der Waals surface area contributed by atoms with Crippen LogP contribution in [0.4, 0.5) is 5.69 Å². The Morgan fingerprint density at radius 2 is 1.83 bits per heavy atom. The molecular weight excluding hydrogens is 308 g/mol. The second kappa shape index (κ2) is 6.73. The maximum atomic E-state index is 12.8. The highest BCUT2D eigenvalue weighted by Crippen LogP contribution is 2.27. The molecule has 2 N–H and O–H groups in total. The molecule has 0 unspecified atom stereocenters. The minimum Gasteiger partial charge on any atom is -0.330 e. The Bertz CT molecular complexity index is 716. The molecule has 0 radical (unpaired) electrons. The molecule has 0 aromatic heterocycles. The predicted octanol–water partition coefficient (Wildman–Crippen LogP) is 2.94. The van der Waals surface area contributed by atoms with Crippen molar-refractivity contribution in [2.24, 2.45) is 0 Å². The topological polar surface area (TPSA) is 36.9 Å². The molecule has 0 aliphatic carbocycles. The van der Waals surface area contributed by atoms with Gasteiger partial charge in [-0.2, -0.15) is 0 Å². The summed E-state index contributed by atoms with van der Waals surface area (Å²) < 4.78 is 0. The quantitative estimate of drug-likeness (QED) is 0.920. The van der Waals surface area contributed by atoms with Crippen LogP contribution < -0.4 is 10.2 Å². The van der Waals surface area contributed by atoms with Gasteiger partial charge in [0, 0.05) is 22.8 Å². The zero-order valence-corrected chi connectivity index (χ0v) is 14.3. The Hall–Kier alpha value is -1.84.